The maximum absolute atomic E-state index is 13.2. The van der Waals surface area contributed by atoms with E-state index in [0.29, 0.717) is 10.8 Å². The van der Waals surface area contributed by atoms with Gasteiger partial charge in [0, 0.05) is 23.1 Å². The number of nitro benzene ring substituents is 1. The van der Waals surface area contributed by atoms with Gasteiger partial charge < -0.3 is 5.32 Å². The minimum Gasteiger partial charge on any atom is -0.301 e. The fraction of sp³-hybridized carbons (Fsp3) is 0.0435. The quantitative estimate of drug-likeness (QED) is 0.333. The van der Waals surface area contributed by atoms with E-state index in [2.05, 4.69) is 10.3 Å². The van der Waals surface area contributed by atoms with Gasteiger partial charge in [0.05, 0.1) is 16.5 Å². The summed E-state index contributed by atoms with van der Waals surface area (Å²) in [6.07, 6.45) is 0. The molecule has 1 aromatic heterocycles. The molecule has 0 aliphatic carbocycles. The van der Waals surface area contributed by atoms with E-state index >= 15 is 0 Å². The van der Waals surface area contributed by atoms with E-state index in [1.807, 2.05) is 66.0 Å². The molecular formula is C23H17N3O3S. The zero-order valence-electron chi connectivity index (χ0n) is 15.8. The van der Waals surface area contributed by atoms with Crippen LogP contribution in [0.3, 0.4) is 0 Å². The second-order valence-corrected chi connectivity index (χ2v) is 7.44. The van der Waals surface area contributed by atoms with Crippen LogP contribution in [0, 0.1) is 10.1 Å². The van der Waals surface area contributed by atoms with E-state index in [9.17, 15) is 14.9 Å². The van der Waals surface area contributed by atoms with Gasteiger partial charge >= 0.3 is 0 Å². The first-order valence-electron chi connectivity index (χ1n) is 9.23. The standard InChI is InChI=1S/C23H17N3O3S/c27-22(21(17-7-3-1-4-8-17)18-9-5-2-6-10-18)25-23-24-20(15-30-23)16-11-13-19(14-12-16)26(28)29/h1-15,21H,(H,24,25,27). The third-order valence-corrected chi connectivity index (χ3v) is 5.39. The topological polar surface area (TPSA) is 85.1 Å². The van der Waals surface area contributed by atoms with Crippen molar-refractivity contribution in [3.05, 3.63) is 112 Å². The molecule has 0 aliphatic heterocycles. The highest BCUT2D eigenvalue weighted by molar-refractivity contribution is 7.14. The number of amides is 1. The summed E-state index contributed by atoms with van der Waals surface area (Å²) in [5, 5.41) is 16.0. The van der Waals surface area contributed by atoms with Crippen LogP contribution in [0.1, 0.15) is 17.0 Å². The zero-order valence-corrected chi connectivity index (χ0v) is 16.6. The van der Waals surface area contributed by atoms with Gasteiger partial charge in [0.15, 0.2) is 5.13 Å². The van der Waals surface area contributed by atoms with Crippen LogP contribution in [0.25, 0.3) is 11.3 Å². The maximum Gasteiger partial charge on any atom is 0.269 e. The molecule has 1 amide bonds. The molecule has 0 radical (unpaired) electrons. The molecule has 0 aliphatic rings. The van der Waals surface area contributed by atoms with Crippen LogP contribution in [0.4, 0.5) is 10.8 Å². The molecule has 0 spiro atoms. The highest BCUT2D eigenvalue weighted by Crippen LogP contribution is 2.29. The van der Waals surface area contributed by atoms with Crippen molar-refractivity contribution in [1.29, 1.82) is 0 Å². The number of nitrogens with one attached hydrogen (secondary N) is 1. The first-order valence-corrected chi connectivity index (χ1v) is 10.1. The lowest BCUT2D eigenvalue weighted by atomic mass is 9.90. The Morgan fingerprint density at radius 2 is 1.47 bits per heavy atom. The van der Waals surface area contributed by atoms with Gasteiger partial charge in [-0.25, -0.2) is 4.98 Å². The highest BCUT2D eigenvalue weighted by atomic mass is 32.1. The number of aromatic nitrogens is 1. The number of hydrogen-bond acceptors (Lipinski definition) is 5. The van der Waals surface area contributed by atoms with Crippen molar-refractivity contribution in [1.82, 2.24) is 4.98 Å². The Morgan fingerprint density at radius 3 is 2.00 bits per heavy atom. The summed E-state index contributed by atoms with van der Waals surface area (Å²) in [5.74, 6) is -0.629. The molecule has 4 aromatic rings. The molecular weight excluding hydrogens is 398 g/mol. The summed E-state index contributed by atoms with van der Waals surface area (Å²) < 4.78 is 0. The van der Waals surface area contributed by atoms with Gasteiger partial charge in [-0.3, -0.25) is 14.9 Å². The number of nitrogens with zero attached hydrogens (tertiary/aromatic N) is 2. The Morgan fingerprint density at radius 1 is 0.900 bits per heavy atom. The molecule has 0 atom stereocenters. The van der Waals surface area contributed by atoms with E-state index in [1.165, 1.54) is 23.5 Å². The van der Waals surface area contributed by atoms with Crippen LogP contribution in [-0.2, 0) is 4.79 Å². The summed E-state index contributed by atoms with van der Waals surface area (Å²) in [6.45, 7) is 0. The van der Waals surface area contributed by atoms with E-state index in [4.69, 9.17) is 0 Å². The number of non-ortho nitro benzene ring substituents is 1. The maximum atomic E-state index is 13.2. The number of rotatable bonds is 6. The average molecular weight is 415 g/mol. The molecule has 0 unspecified atom stereocenters. The summed E-state index contributed by atoms with van der Waals surface area (Å²) in [7, 11) is 0. The van der Waals surface area contributed by atoms with Crippen LogP contribution in [-0.4, -0.2) is 15.8 Å². The average Bonchev–Trinajstić information content (AvgIpc) is 3.24. The molecule has 148 valence electrons. The monoisotopic (exact) mass is 415 g/mol. The van der Waals surface area contributed by atoms with E-state index in [-0.39, 0.29) is 11.6 Å². The Balaban J connectivity index is 1.57. The summed E-state index contributed by atoms with van der Waals surface area (Å²) in [6, 6.07) is 25.4. The Bertz CT molecular complexity index is 1120. The minimum absolute atomic E-state index is 0.0241. The van der Waals surface area contributed by atoms with Gasteiger partial charge in [-0.15, -0.1) is 11.3 Å². The van der Waals surface area contributed by atoms with Crippen LogP contribution >= 0.6 is 11.3 Å². The fourth-order valence-electron chi connectivity index (χ4n) is 3.18. The van der Waals surface area contributed by atoms with Crippen molar-refractivity contribution >= 4 is 28.1 Å². The van der Waals surface area contributed by atoms with Crippen molar-refractivity contribution in [3.8, 4) is 11.3 Å². The van der Waals surface area contributed by atoms with Crippen LogP contribution < -0.4 is 5.32 Å². The molecule has 0 saturated carbocycles. The van der Waals surface area contributed by atoms with Gasteiger partial charge in [-0.1, -0.05) is 60.7 Å². The third-order valence-electron chi connectivity index (χ3n) is 4.64. The summed E-state index contributed by atoms with van der Waals surface area (Å²) in [5.41, 5.74) is 3.22. The number of carbonyl (C=O) groups is 1. The van der Waals surface area contributed by atoms with Crippen LogP contribution in [0.2, 0.25) is 0 Å². The number of thiazole rings is 1. The van der Waals surface area contributed by atoms with Crippen molar-refractivity contribution in [2.75, 3.05) is 5.32 Å². The Labute approximate surface area is 177 Å². The van der Waals surface area contributed by atoms with Gasteiger partial charge in [0.1, 0.15) is 0 Å². The van der Waals surface area contributed by atoms with Crippen molar-refractivity contribution in [2.45, 2.75) is 5.92 Å². The molecule has 30 heavy (non-hydrogen) atoms. The lowest BCUT2D eigenvalue weighted by Gasteiger charge is -2.17. The number of carbonyl (C=O) groups excluding carboxylic acids is 1. The molecule has 1 heterocycles. The SMILES string of the molecule is O=C(Nc1nc(-c2ccc([N+](=O)[O-])cc2)cs1)C(c1ccccc1)c1ccccc1. The van der Waals surface area contributed by atoms with E-state index < -0.39 is 10.8 Å². The lowest BCUT2D eigenvalue weighted by Crippen LogP contribution is -2.22. The Kier molecular flexibility index (Phi) is 5.63. The molecule has 7 heteroatoms. The largest absolute Gasteiger partial charge is 0.301 e. The van der Waals surface area contributed by atoms with Crippen LogP contribution in [0.5, 0.6) is 0 Å². The molecule has 3 aromatic carbocycles. The first-order chi connectivity index (χ1) is 14.6. The van der Waals surface area contributed by atoms with E-state index in [0.717, 1.165) is 16.7 Å². The summed E-state index contributed by atoms with van der Waals surface area (Å²) >= 11 is 1.31. The molecule has 0 saturated heterocycles. The second kappa shape index (κ2) is 8.67. The first kappa shape index (κ1) is 19.5. The Hall–Kier alpha value is -3.84. The van der Waals surface area contributed by atoms with Crippen molar-refractivity contribution < 1.29 is 9.72 Å². The smallest absolute Gasteiger partial charge is 0.269 e. The minimum atomic E-state index is -0.459. The molecule has 6 nitrogen and oxygen atoms in total. The third kappa shape index (κ3) is 4.26. The van der Waals surface area contributed by atoms with Gasteiger partial charge in [-0.05, 0) is 23.3 Å². The highest BCUT2D eigenvalue weighted by Gasteiger charge is 2.23. The lowest BCUT2D eigenvalue weighted by molar-refractivity contribution is -0.384. The van der Waals surface area contributed by atoms with Gasteiger partial charge in [0.25, 0.3) is 5.69 Å². The van der Waals surface area contributed by atoms with Crippen molar-refractivity contribution in [2.24, 2.45) is 0 Å². The number of anilines is 1. The second-order valence-electron chi connectivity index (χ2n) is 6.59. The van der Waals surface area contributed by atoms with Crippen molar-refractivity contribution in [3.63, 3.8) is 0 Å². The normalized spacial score (nSPS) is 10.7. The number of nitro groups is 1. The predicted octanol–water partition coefficient (Wildman–Crippen LogP) is 5.49. The summed E-state index contributed by atoms with van der Waals surface area (Å²) in [4.78, 5) is 28.0. The molecule has 4 rings (SSSR count). The molecule has 0 fully saturated rings. The molecule has 1 N–H and O–H groups in total. The fourth-order valence-corrected chi connectivity index (χ4v) is 3.90. The number of benzene rings is 3. The number of hydrogen-bond donors (Lipinski definition) is 1. The predicted molar refractivity (Wildman–Crippen MR) is 118 cm³/mol. The zero-order chi connectivity index (χ0) is 20.9. The van der Waals surface area contributed by atoms with Crippen LogP contribution in [0.15, 0.2) is 90.3 Å². The van der Waals surface area contributed by atoms with Gasteiger partial charge in [-0.2, -0.15) is 0 Å². The van der Waals surface area contributed by atoms with E-state index in [1.54, 1.807) is 12.1 Å². The molecule has 0 bridgehead atoms. The van der Waals surface area contributed by atoms with Gasteiger partial charge in [0.2, 0.25) is 5.91 Å².